The zero-order valence-corrected chi connectivity index (χ0v) is 11.4. The zero-order valence-electron chi connectivity index (χ0n) is 10.5. The van der Waals surface area contributed by atoms with E-state index >= 15 is 0 Å². The largest absolute Gasteiger partial charge is 0.465 e. The second-order valence-corrected chi connectivity index (χ2v) is 5.46. The fourth-order valence-electron chi connectivity index (χ4n) is 2.30. The first-order chi connectivity index (χ1) is 9.29. The van der Waals surface area contributed by atoms with Gasteiger partial charge in [-0.05, 0) is 26.2 Å². The molecule has 1 N–H and O–H groups in total. The average Bonchev–Trinajstić information content (AvgIpc) is 3.06. The molecule has 0 saturated carbocycles. The Hall–Kier alpha value is -1.76. The first-order valence-electron chi connectivity index (χ1n) is 6.32. The topological polar surface area (TPSA) is 80.8 Å². The predicted molar refractivity (Wildman–Crippen MR) is 69.8 cm³/mol. The van der Waals surface area contributed by atoms with E-state index in [-0.39, 0.29) is 11.9 Å². The number of H-pyrrole nitrogens is 1. The van der Waals surface area contributed by atoms with Crippen LogP contribution in [0, 0.1) is 0 Å². The Morgan fingerprint density at radius 2 is 2.53 bits per heavy atom. The average molecular weight is 278 g/mol. The Labute approximate surface area is 114 Å². The van der Waals surface area contributed by atoms with Crippen molar-refractivity contribution in [3.63, 3.8) is 0 Å². The highest BCUT2D eigenvalue weighted by atomic mass is 32.1. The zero-order chi connectivity index (χ0) is 13.2. The molecule has 0 saturated heterocycles. The molecule has 2 heterocycles. The molecular formula is C12H14N4O2S. The monoisotopic (exact) mass is 278 g/mol. The summed E-state index contributed by atoms with van der Waals surface area (Å²) in [5.41, 5.74) is 1.59. The first-order valence-corrected chi connectivity index (χ1v) is 7.13. The number of thiazole rings is 1. The van der Waals surface area contributed by atoms with Gasteiger partial charge in [-0.2, -0.15) is 15.4 Å². The molecule has 0 aromatic carbocycles. The molecule has 0 spiro atoms. The van der Waals surface area contributed by atoms with Gasteiger partial charge in [0.2, 0.25) is 0 Å². The van der Waals surface area contributed by atoms with E-state index in [1.54, 1.807) is 17.5 Å². The highest BCUT2D eigenvalue weighted by Crippen LogP contribution is 2.38. The third-order valence-corrected chi connectivity index (χ3v) is 4.31. The SMILES string of the molecule is CCOC(=O)C1CCCc2sc(-c3cn[nH]n3)nc21. The van der Waals surface area contributed by atoms with Gasteiger partial charge in [0.05, 0.1) is 18.5 Å². The van der Waals surface area contributed by atoms with Crippen molar-refractivity contribution >= 4 is 17.3 Å². The Bertz CT molecular complexity index is 579. The van der Waals surface area contributed by atoms with Crippen LogP contribution < -0.4 is 0 Å². The van der Waals surface area contributed by atoms with E-state index in [1.807, 2.05) is 6.92 Å². The maximum absolute atomic E-state index is 12.0. The third kappa shape index (κ3) is 2.25. The number of carbonyl (C=O) groups is 1. The lowest BCUT2D eigenvalue weighted by atomic mass is 9.91. The van der Waals surface area contributed by atoms with Crippen molar-refractivity contribution in [2.45, 2.75) is 32.1 Å². The standard InChI is InChI=1S/C12H14N4O2S/c1-2-18-12(17)7-4-3-5-9-10(7)14-11(19-9)8-6-13-16-15-8/h6-7H,2-5H2,1H3,(H,13,15,16). The summed E-state index contributed by atoms with van der Waals surface area (Å²) in [6.07, 6.45) is 4.43. The summed E-state index contributed by atoms with van der Waals surface area (Å²) in [6, 6.07) is 0. The highest BCUT2D eigenvalue weighted by molar-refractivity contribution is 7.15. The van der Waals surface area contributed by atoms with Gasteiger partial charge in [0.1, 0.15) is 16.6 Å². The van der Waals surface area contributed by atoms with E-state index in [0.717, 1.165) is 35.7 Å². The van der Waals surface area contributed by atoms with Crippen LogP contribution in [0.3, 0.4) is 0 Å². The summed E-state index contributed by atoms with van der Waals surface area (Å²) in [5, 5.41) is 11.2. The molecule has 1 unspecified atom stereocenters. The maximum Gasteiger partial charge on any atom is 0.315 e. The lowest BCUT2D eigenvalue weighted by Gasteiger charge is -2.19. The van der Waals surface area contributed by atoms with Gasteiger partial charge in [-0.1, -0.05) is 0 Å². The van der Waals surface area contributed by atoms with E-state index in [0.29, 0.717) is 6.61 Å². The van der Waals surface area contributed by atoms with Crippen LogP contribution in [0.15, 0.2) is 6.20 Å². The van der Waals surface area contributed by atoms with Crippen molar-refractivity contribution in [3.05, 3.63) is 16.8 Å². The number of hydrogen-bond acceptors (Lipinski definition) is 6. The van der Waals surface area contributed by atoms with E-state index in [1.165, 1.54) is 4.88 Å². The van der Waals surface area contributed by atoms with Gasteiger partial charge >= 0.3 is 5.97 Å². The number of carbonyl (C=O) groups excluding carboxylic acids is 1. The van der Waals surface area contributed by atoms with Crippen molar-refractivity contribution in [2.24, 2.45) is 0 Å². The van der Waals surface area contributed by atoms with E-state index in [4.69, 9.17) is 4.74 Å². The van der Waals surface area contributed by atoms with Crippen LogP contribution in [0.4, 0.5) is 0 Å². The molecule has 7 heteroatoms. The number of nitrogens with zero attached hydrogens (tertiary/aromatic N) is 3. The van der Waals surface area contributed by atoms with Crippen LogP contribution in [0.25, 0.3) is 10.7 Å². The Morgan fingerprint density at radius 1 is 1.63 bits per heavy atom. The number of ether oxygens (including phenoxy) is 1. The summed E-state index contributed by atoms with van der Waals surface area (Å²) in [4.78, 5) is 17.7. The Morgan fingerprint density at radius 3 is 3.26 bits per heavy atom. The highest BCUT2D eigenvalue weighted by Gasteiger charge is 2.31. The van der Waals surface area contributed by atoms with Crippen LogP contribution in [-0.2, 0) is 16.0 Å². The maximum atomic E-state index is 12.0. The van der Waals surface area contributed by atoms with Crippen molar-refractivity contribution in [2.75, 3.05) is 6.61 Å². The number of hydrogen-bond donors (Lipinski definition) is 1. The van der Waals surface area contributed by atoms with Gasteiger partial charge in [0, 0.05) is 4.88 Å². The molecule has 1 aliphatic carbocycles. The number of aromatic nitrogens is 4. The molecule has 2 aromatic rings. The summed E-state index contributed by atoms with van der Waals surface area (Å²) in [6.45, 7) is 2.23. The first kappa shape index (κ1) is 12.3. The molecule has 1 atom stereocenters. The van der Waals surface area contributed by atoms with Gasteiger partial charge in [0.25, 0.3) is 0 Å². The van der Waals surface area contributed by atoms with Crippen LogP contribution in [0.1, 0.15) is 36.3 Å². The summed E-state index contributed by atoms with van der Waals surface area (Å²) in [7, 11) is 0. The van der Waals surface area contributed by atoms with Crippen molar-refractivity contribution in [3.8, 4) is 10.7 Å². The number of fused-ring (bicyclic) bond motifs is 1. The summed E-state index contributed by atoms with van der Waals surface area (Å²) >= 11 is 1.59. The Balaban J connectivity index is 1.94. The molecule has 2 aromatic heterocycles. The molecule has 0 bridgehead atoms. The van der Waals surface area contributed by atoms with Crippen LogP contribution >= 0.6 is 11.3 Å². The number of aromatic amines is 1. The van der Waals surface area contributed by atoms with Crippen LogP contribution in [0.2, 0.25) is 0 Å². The fourth-order valence-corrected chi connectivity index (χ4v) is 3.42. The molecule has 0 aliphatic heterocycles. The Kier molecular flexibility index (Phi) is 3.29. The molecule has 0 fully saturated rings. The van der Waals surface area contributed by atoms with Gasteiger partial charge in [-0.25, -0.2) is 4.98 Å². The van der Waals surface area contributed by atoms with Crippen molar-refractivity contribution in [1.29, 1.82) is 0 Å². The number of esters is 1. The minimum Gasteiger partial charge on any atom is -0.465 e. The van der Waals surface area contributed by atoms with Gasteiger partial charge < -0.3 is 4.74 Å². The van der Waals surface area contributed by atoms with Crippen molar-refractivity contribution in [1.82, 2.24) is 20.4 Å². The molecule has 0 radical (unpaired) electrons. The molecule has 0 amide bonds. The van der Waals surface area contributed by atoms with E-state index in [2.05, 4.69) is 20.4 Å². The molecule has 19 heavy (non-hydrogen) atoms. The minimum absolute atomic E-state index is 0.166. The van der Waals surface area contributed by atoms with E-state index < -0.39 is 0 Å². The molecule has 1 aliphatic rings. The predicted octanol–water partition coefficient (Wildman–Crippen LogP) is 1.91. The number of aryl methyl sites for hydroxylation is 1. The quantitative estimate of drug-likeness (QED) is 0.867. The van der Waals surface area contributed by atoms with Crippen LogP contribution in [0.5, 0.6) is 0 Å². The van der Waals surface area contributed by atoms with Gasteiger partial charge in [-0.3, -0.25) is 4.79 Å². The minimum atomic E-state index is -0.222. The van der Waals surface area contributed by atoms with Crippen molar-refractivity contribution < 1.29 is 9.53 Å². The molecular weight excluding hydrogens is 264 g/mol. The third-order valence-electron chi connectivity index (χ3n) is 3.16. The van der Waals surface area contributed by atoms with Gasteiger partial charge in [-0.15, -0.1) is 11.3 Å². The summed E-state index contributed by atoms with van der Waals surface area (Å²) in [5.74, 6) is -0.388. The fraction of sp³-hybridized carbons (Fsp3) is 0.500. The van der Waals surface area contributed by atoms with E-state index in [9.17, 15) is 4.79 Å². The molecule has 6 nitrogen and oxygen atoms in total. The lowest BCUT2D eigenvalue weighted by molar-refractivity contribution is -0.145. The second-order valence-electron chi connectivity index (χ2n) is 4.38. The normalized spacial score (nSPS) is 18.1. The molecule has 3 rings (SSSR count). The molecule has 100 valence electrons. The van der Waals surface area contributed by atoms with Crippen LogP contribution in [-0.4, -0.2) is 33.0 Å². The smallest absolute Gasteiger partial charge is 0.315 e. The lowest BCUT2D eigenvalue weighted by Crippen LogP contribution is -2.20. The number of rotatable bonds is 3. The van der Waals surface area contributed by atoms with Gasteiger partial charge in [0.15, 0.2) is 0 Å². The number of nitrogens with one attached hydrogen (secondary N) is 1. The second kappa shape index (κ2) is 5.08. The summed E-state index contributed by atoms with van der Waals surface area (Å²) < 4.78 is 5.13.